The van der Waals surface area contributed by atoms with Crippen molar-refractivity contribution >= 4 is 9.84 Å². The van der Waals surface area contributed by atoms with E-state index in [0.717, 1.165) is 26.2 Å². The van der Waals surface area contributed by atoms with Crippen molar-refractivity contribution in [2.45, 2.75) is 12.2 Å². The Morgan fingerprint density at radius 1 is 1.33 bits per heavy atom. The molecule has 0 amide bonds. The third-order valence-corrected chi connectivity index (χ3v) is 3.68. The van der Waals surface area contributed by atoms with E-state index in [4.69, 9.17) is 4.74 Å². The molecule has 0 N–H and O–H groups in total. The first kappa shape index (κ1) is 11.3. The van der Waals surface area contributed by atoms with E-state index in [1.54, 1.807) is 0 Å². The number of ether oxygens (including phenoxy) is 1. The molecule has 0 spiro atoms. The molecule has 2 fully saturated rings. The van der Waals surface area contributed by atoms with Crippen molar-refractivity contribution < 1.29 is 13.2 Å². The van der Waals surface area contributed by atoms with Crippen LogP contribution in [-0.4, -0.2) is 70.3 Å². The molecule has 2 bridgehead atoms. The van der Waals surface area contributed by atoms with Crippen molar-refractivity contribution in [1.29, 1.82) is 0 Å². The summed E-state index contributed by atoms with van der Waals surface area (Å²) in [6.45, 7) is 3.76. The van der Waals surface area contributed by atoms with E-state index >= 15 is 0 Å². The highest BCUT2D eigenvalue weighted by Gasteiger charge is 2.31. The van der Waals surface area contributed by atoms with Gasteiger partial charge in [-0.05, 0) is 0 Å². The summed E-state index contributed by atoms with van der Waals surface area (Å²) < 4.78 is 27.8. The minimum atomic E-state index is -2.85. The highest BCUT2D eigenvalue weighted by molar-refractivity contribution is 7.90. The normalized spacial score (nSPS) is 32.9. The van der Waals surface area contributed by atoms with Gasteiger partial charge in [0.25, 0.3) is 0 Å². The van der Waals surface area contributed by atoms with Gasteiger partial charge in [-0.2, -0.15) is 0 Å². The molecule has 2 atom stereocenters. The molecule has 87 valence electrons. The fraction of sp³-hybridized carbons (Fsp3) is 1.00. The Kier molecular flexibility index (Phi) is 3.30. The molecule has 6 heteroatoms. The Bertz CT molecular complexity index is 305. The molecule has 2 heterocycles. The minimum absolute atomic E-state index is 0.178. The highest BCUT2D eigenvalue weighted by atomic mass is 32.2. The fourth-order valence-corrected chi connectivity index (χ4v) is 2.64. The average molecular weight is 233 g/mol. The zero-order valence-electron chi connectivity index (χ0n) is 8.92. The van der Waals surface area contributed by atoms with Crippen LogP contribution in [0.1, 0.15) is 0 Å². The zero-order chi connectivity index (χ0) is 10.9. The standard InChI is InChI=1S/C9H17N2O3S/c1-15(12,13)3-2-11-6-8-4-10-5-9(7-11)14-8/h8-9H,2-7H2,1H3. The molecule has 1 radical (unpaired) electrons. The van der Waals surface area contributed by atoms with Crippen LogP contribution < -0.4 is 5.32 Å². The summed E-state index contributed by atoms with van der Waals surface area (Å²) in [6, 6.07) is 0. The van der Waals surface area contributed by atoms with Gasteiger partial charge < -0.3 is 4.74 Å². The van der Waals surface area contributed by atoms with E-state index in [1.807, 2.05) is 0 Å². The number of fused-ring (bicyclic) bond motifs is 2. The van der Waals surface area contributed by atoms with Crippen LogP contribution in [0.4, 0.5) is 0 Å². The van der Waals surface area contributed by atoms with Crippen molar-refractivity contribution in [3.8, 4) is 0 Å². The maximum absolute atomic E-state index is 11.0. The van der Waals surface area contributed by atoms with Crippen molar-refractivity contribution in [2.75, 3.05) is 44.7 Å². The Morgan fingerprint density at radius 3 is 2.47 bits per heavy atom. The van der Waals surface area contributed by atoms with Crippen molar-refractivity contribution in [1.82, 2.24) is 10.2 Å². The molecule has 15 heavy (non-hydrogen) atoms. The van der Waals surface area contributed by atoms with Crippen LogP contribution in [0.25, 0.3) is 0 Å². The largest absolute Gasteiger partial charge is 0.370 e. The van der Waals surface area contributed by atoms with Crippen LogP contribution in [0.15, 0.2) is 0 Å². The maximum Gasteiger partial charge on any atom is 0.148 e. The molecule has 2 aliphatic rings. The predicted octanol–water partition coefficient (Wildman–Crippen LogP) is -1.28. The van der Waals surface area contributed by atoms with Gasteiger partial charge in [0.2, 0.25) is 0 Å². The maximum atomic E-state index is 11.0. The van der Waals surface area contributed by atoms with Crippen molar-refractivity contribution in [3.63, 3.8) is 0 Å². The number of hydrogen-bond donors (Lipinski definition) is 0. The Hall–Kier alpha value is -0.170. The summed E-state index contributed by atoms with van der Waals surface area (Å²) in [5, 5.41) is 4.34. The van der Waals surface area contributed by atoms with Crippen LogP contribution in [0, 0.1) is 0 Å². The zero-order valence-corrected chi connectivity index (χ0v) is 9.74. The first-order valence-corrected chi connectivity index (χ1v) is 7.28. The fourth-order valence-electron chi connectivity index (χ4n) is 2.05. The van der Waals surface area contributed by atoms with Crippen LogP contribution >= 0.6 is 0 Å². The van der Waals surface area contributed by atoms with Crippen molar-refractivity contribution in [3.05, 3.63) is 0 Å². The van der Waals surface area contributed by atoms with Gasteiger partial charge in [-0.1, -0.05) is 0 Å². The second kappa shape index (κ2) is 4.37. The van der Waals surface area contributed by atoms with Gasteiger partial charge in [0, 0.05) is 39.0 Å². The lowest BCUT2D eigenvalue weighted by Crippen LogP contribution is -2.56. The van der Waals surface area contributed by atoms with E-state index < -0.39 is 9.84 Å². The molecule has 0 aromatic carbocycles. The number of morpholine rings is 2. The summed E-state index contributed by atoms with van der Waals surface area (Å²) in [5.74, 6) is 0.240. The molecule has 2 aliphatic heterocycles. The lowest BCUT2D eigenvalue weighted by molar-refractivity contribution is -0.102. The van der Waals surface area contributed by atoms with Crippen LogP contribution in [0.5, 0.6) is 0 Å². The Balaban J connectivity index is 1.84. The number of nitrogens with zero attached hydrogens (tertiary/aromatic N) is 2. The first-order chi connectivity index (χ1) is 7.03. The summed E-state index contributed by atoms with van der Waals surface area (Å²) in [6.07, 6.45) is 1.64. The monoisotopic (exact) mass is 233 g/mol. The third-order valence-electron chi connectivity index (χ3n) is 2.75. The Labute approximate surface area is 90.7 Å². The third kappa shape index (κ3) is 3.41. The molecule has 5 nitrogen and oxygen atoms in total. The Morgan fingerprint density at radius 2 is 1.93 bits per heavy atom. The number of rotatable bonds is 3. The molecule has 2 unspecified atom stereocenters. The molecule has 0 saturated carbocycles. The molecule has 0 aromatic rings. The van der Waals surface area contributed by atoms with Gasteiger partial charge in [0.15, 0.2) is 0 Å². The van der Waals surface area contributed by atoms with Gasteiger partial charge in [-0.25, -0.2) is 13.7 Å². The topological polar surface area (TPSA) is 60.7 Å². The second-order valence-electron chi connectivity index (χ2n) is 4.36. The van der Waals surface area contributed by atoms with E-state index in [0.29, 0.717) is 6.54 Å². The molecule has 0 aromatic heterocycles. The van der Waals surface area contributed by atoms with E-state index in [1.165, 1.54) is 6.26 Å². The summed E-state index contributed by atoms with van der Waals surface area (Å²) in [4.78, 5) is 2.18. The summed E-state index contributed by atoms with van der Waals surface area (Å²) >= 11 is 0. The molecule has 2 saturated heterocycles. The molecule has 0 aliphatic carbocycles. The second-order valence-corrected chi connectivity index (χ2v) is 6.62. The number of sulfone groups is 1. The van der Waals surface area contributed by atoms with E-state index in [-0.39, 0.29) is 18.0 Å². The summed E-state index contributed by atoms with van der Waals surface area (Å²) in [7, 11) is -2.85. The quantitative estimate of drug-likeness (QED) is 0.609. The van der Waals surface area contributed by atoms with Gasteiger partial charge in [-0.3, -0.25) is 4.90 Å². The van der Waals surface area contributed by atoms with Crippen molar-refractivity contribution in [2.24, 2.45) is 0 Å². The minimum Gasteiger partial charge on any atom is -0.370 e. The van der Waals surface area contributed by atoms with Crippen LogP contribution in [0.2, 0.25) is 0 Å². The van der Waals surface area contributed by atoms with E-state index in [9.17, 15) is 8.42 Å². The smallest absolute Gasteiger partial charge is 0.148 e. The van der Waals surface area contributed by atoms with Crippen LogP contribution in [-0.2, 0) is 14.6 Å². The number of hydrogen-bond acceptors (Lipinski definition) is 4. The predicted molar refractivity (Wildman–Crippen MR) is 56.7 cm³/mol. The first-order valence-electron chi connectivity index (χ1n) is 5.22. The average Bonchev–Trinajstić information content (AvgIpc) is 2.13. The highest BCUT2D eigenvalue weighted by Crippen LogP contribution is 2.14. The lowest BCUT2D eigenvalue weighted by atomic mass is 10.1. The van der Waals surface area contributed by atoms with Gasteiger partial charge in [0.05, 0.1) is 18.0 Å². The lowest BCUT2D eigenvalue weighted by Gasteiger charge is -2.41. The van der Waals surface area contributed by atoms with Gasteiger partial charge >= 0.3 is 0 Å². The SMILES string of the molecule is CS(=O)(=O)CCN1CC2C[N]CC(C1)O2. The van der Waals surface area contributed by atoms with Gasteiger partial charge in [0.1, 0.15) is 9.84 Å². The molecular formula is C9H17N2O3S. The van der Waals surface area contributed by atoms with Gasteiger partial charge in [-0.15, -0.1) is 0 Å². The van der Waals surface area contributed by atoms with E-state index in [2.05, 4.69) is 10.2 Å². The van der Waals surface area contributed by atoms with Crippen LogP contribution in [0.3, 0.4) is 0 Å². The molecular weight excluding hydrogens is 216 g/mol. The summed E-state index contributed by atoms with van der Waals surface area (Å²) in [5.41, 5.74) is 0. The molecule has 2 rings (SSSR count).